The lowest BCUT2D eigenvalue weighted by Crippen LogP contribution is -2.22. The van der Waals surface area contributed by atoms with Gasteiger partial charge in [-0.3, -0.25) is 9.48 Å². The molecule has 3 aromatic rings. The molecule has 4 rings (SSSR count). The number of nitrogens with zero attached hydrogens (tertiary/aromatic N) is 5. The molecule has 2 atom stereocenters. The lowest BCUT2D eigenvalue weighted by atomic mass is 9.84. The van der Waals surface area contributed by atoms with E-state index in [1.165, 1.54) is 6.08 Å². The van der Waals surface area contributed by atoms with Crippen molar-refractivity contribution in [2.75, 3.05) is 5.32 Å². The molecule has 0 saturated heterocycles. The summed E-state index contributed by atoms with van der Waals surface area (Å²) in [7, 11) is 0. The maximum absolute atomic E-state index is 12.1. The van der Waals surface area contributed by atoms with Gasteiger partial charge in [0.2, 0.25) is 5.89 Å². The van der Waals surface area contributed by atoms with E-state index in [0.717, 1.165) is 36.9 Å². The third-order valence-electron chi connectivity index (χ3n) is 5.68. The van der Waals surface area contributed by atoms with Gasteiger partial charge in [-0.1, -0.05) is 36.2 Å². The molecule has 1 aliphatic carbocycles. The van der Waals surface area contributed by atoms with E-state index < -0.39 is 5.91 Å². The Morgan fingerprint density at radius 1 is 1.34 bits per heavy atom. The van der Waals surface area contributed by atoms with E-state index in [0.29, 0.717) is 29.5 Å². The van der Waals surface area contributed by atoms with Crippen molar-refractivity contribution < 1.29 is 9.32 Å². The van der Waals surface area contributed by atoms with Gasteiger partial charge in [0.15, 0.2) is 11.6 Å². The molecule has 0 bridgehead atoms. The monoisotopic (exact) mass is 431 g/mol. The van der Waals surface area contributed by atoms with Gasteiger partial charge in [0.25, 0.3) is 5.91 Å². The molecule has 2 heterocycles. The summed E-state index contributed by atoms with van der Waals surface area (Å²) >= 11 is 0. The molecule has 1 fully saturated rings. The van der Waals surface area contributed by atoms with Crippen LogP contribution in [0, 0.1) is 24.2 Å². The summed E-state index contributed by atoms with van der Waals surface area (Å²) in [6.45, 7) is 1.78. The Labute approximate surface area is 185 Å². The molecule has 32 heavy (non-hydrogen) atoms. The largest absolute Gasteiger partial charge is 0.365 e. The van der Waals surface area contributed by atoms with Crippen molar-refractivity contribution in [1.82, 2.24) is 19.9 Å². The van der Waals surface area contributed by atoms with Crippen molar-refractivity contribution in [2.45, 2.75) is 45.1 Å². The number of carbonyl (C=O) groups is 1. The highest BCUT2D eigenvalue weighted by molar-refractivity contribution is 5.98. The molecule has 1 unspecified atom stereocenters. The summed E-state index contributed by atoms with van der Waals surface area (Å²) in [5, 5.41) is 20.6. The summed E-state index contributed by atoms with van der Waals surface area (Å²) in [6, 6.07) is 9.86. The molecule has 1 aliphatic rings. The minimum absolute atomic E-state index is 0.0854. The Kier molecular flexibility index (Phi) is 6.31. The molecule has 9 heteroatoms. The lowest BCUT2D eigenvalue weighted by Gasteiger charge is -2.29. The van der Waals surface area contributed by atoms with Gasteiger partial charge in [-0.05, 0) is 37.5 Å². The van der Waals surface area contributed by atoms with Crippen molar-refractivity contribution in [1.29, 1.82) is 5.26 Å². The summed E-state index contributed by atoms with van der Waals surface area (Å²) in [5.74, 6) is 1.25. The second-order valence-electron chi connectivity index (χ2n) is 7.97. The summed E-state index contributed by atoms with van der Waals surface area (Å²) < 4.78 is 6.99. The number of rotatable bonds is 7. The van der Waals surface area contributed by atoms with Crippen molar-refractivity contribution in [3.63, 3.8) is 0 Å². The zero-order valence-corrected chi connectivity index (χ0v) is 17.9. The molecular weight excluding hydrogens is 406 g/mol. The molecule has 1 saturated carbocycles. The Bertz CT molecular complexity index is 1150. The first-order valence-electron chi connectivity index (χ1n) is 10.6. The fourth-order valence-electron chi connectivity index (χ4n) is 4.12. The van der Waals surface area contributed by atoms with Crippen LogP contribution < -0.4 is 11.1 Å². The van der Waals surface area contributed by atoms with Crippen molar-refractivity contribution in [3.05, 3.63) is 65.5 Å². The first-order chi connectivity index (χ1) is 15.5. The Morgan fingerprint density at radius 2 is 2.12 bits per heavy atom. The molecule has 2 aromatic heterocycles. The molecule has 3 N–H and O–H groups in total. The number of anilines is 2. The van der Waals surface area contributed by atoms with Crippen molar-refractivity contribution in [2.24, 2.45) is 11.7 Å². The van der Waals surface area contributed by atoms with Crippen LogP contribution in [0.1, 0.15) is 59.4 Å². The molecule has 9 nitrogen and oxygen atoms in total. The fourth-order valence-corrected chi connectivity index (χ4v) is 4.12. The highest BCUT2D eigenvalue weighted by Crippen LogP contribution is 2.35. The summed E-state index contributed by atoms with van der Waals surface area (Å²) in [6.07, 6.45) is 9.83. The van der Waals surface area contributed by atoms with Crippen LogP contribution in [-0.2, 0) is 6.42 Å². The summed E-state index contributed by atoms with van der Waals surface area (Å²) in [4.78, 5) is 16.3. The minimum Gasteiger partial charge on any atom is -0.365 e. The van der Waals surface area contributed by atoms with E-state index in [2.05, 4.69) is 26.6 Å². The maximum Gasteiger partial charge on any atom is 0.254 e. The van der Waals surface area contributed by atoms with E-state index in [4.69, 9.17) is 15.5 Å². The Hall–Kier alpha value is -3.93. The standard InChI is InChI=1S/C23H25N7O2/c1-15-26-21(32-29-15)13-16-8-10-18(11-9-16)27-23-19(22(25)31)14-30(28-23)20-7-3-2-5-17(20)6-4-12-24/h4,6,8-11,14,17,20H,2-3,5,7,13H2,1H3,(H2,25,31)(H,27,28)/b6-4+/t17?,20-/m0/s1. The van der Waals surface area contributed by atoms with Gasteiger partial charge < -0.3 is 15.6 Å². The van der Waals surface area contributed by atoms with E-state index in [9.17, 15) is 4.79 Å². The van der Waals surface area contributed by atoms with Crippen LogP contribution in [0.4, 0.5) is 11.5 Å². The number of hydrogen-bond acceptors (Lipinski definition) is 7. The van der Waals surface area contributed by atoms with Crippen LogP contribution in [0.2, 0.25) is 0 Å². The second-order valence-corrected chi connectivity index (χ2v) is 7.97. The van der Waals surface area contributed by atoms with Gasteiger partial charge in [0, 0.05) is 23.9 Å². The zero-order chi connectivity index (χ0) is 22.5. The molecule has 1 aromatic carbocycles. The quantitative estimate of drug-likeness (QED) is 0.543. The highest BCUT2D eigenvalue weighted by atomic mass is 16.5. The number of carbonyl (C=O) groups excluding carboxylic acids is 1. The molecular formula is C23H25N7O2. The first kappa shape index (κ1) is 21.3. The van der Waals surface area contributed by atoms with Crippen molar-refractivity contribution >= 4 is 17.4 Å². The number of aromatic nitrogens is 4. The van der Waals surface area contributed by atoms with Crippen LogP contribution in [0.15, 0.2) is 47.1 Å². The molecule has 1 amide bonds. The van der Waals surface area contributed by atoms with Gasteiger partial charge >= 0.3 is 0 Å². The molecule has 0 spiro atoms. The SMILES string of the molecule is Cc1noc(Cc2ccc(Nc3nn([C@H]4CCCCC4/C=C/C#N)cc3C(N)=O)cc2)n1. The van der Waals surface area contributed by atoms with Crippen LogP contribution in [0.5, 0.6) is 0 Å². The van der Waals surface area contributed by atoms with Gasteiger partial charge in [-0.25, -0.2) is 0 Å². The molecule has 0 radical (unpaired) electrons. The number of allylic oxidation sites excluding steroid dienone is 2. The van der Waals surface area contributed by atoms with Crippen molar-refractivity contribution in [3.8, 4) is 6.07 Å². The predicted molar refractivity (Wildman–Crippen MR) is 118 cm³/mol. The van der Waals surface area contributed by atoms with Crippen LogP contribution in [0.3, 0.4) is 0 Å². The number of benzene rings is 1. The van der Waals surface area contributed by atoms with Crippen LogP contribution >= 0.6 is 0 Å². The average molecular weight is 432 g/mol. The summed E-state index contributed by atoms with van der Waals surface area (Å²) in [5.41, 5.74) is 7.77. The van der Waals surface area contributed by atoms with Crippen LogP contribution in [-0.4, -0.2) is 25.8 Å². The highest BCUT2D eigenvalue weighted by Gasteiger charge is 2.27. The second kappa shape index (κ2) is 9.47. The van der Waals surface area contributed by atoms with Gasteiger partial charge in [0.1, 0.15) is 5.56 Å². The number of nitrogens with two attached hydrogens (primary N) is 1. The maximum atomic E-state index is 12.1. The predicted octanol–water partition coefficient (Wildman–Crippen LogP) is 3.82. The van der Waals surface area contributed by atoms with E-state index in [1.54, 1.807) is 13.1 Å². The third kappa shape index (κ3) is 4.86. The van der Waals surface area contributed by atoms with E-state index in [-0.39, 0.29) is 12.0 Å². The number of hydrogen-bond donors (Lipinski definition) is 2. The number of primary amides is 1. The number of amides is 1. The topological polar surface area (TPSA) is 136 Å². The van der Waals surface area contributed by atoms with E-state index >= 15 is 0 Å². The Balaban J connectivity index is 1.53. The average Bonchev–Trinajstić information content (AvgIpc) is 3.40. The van der Waals surface area contributed by atoms with Crippen LogP contribution in [0.25, 0.3) is 0 Å². The molecule has 0 aliphatic heterocycles. The smallest absolute Gasteiger partial charge is 0.254 e. The normalized spacial score (nSPS) is 18.5. The van der Waals surface area contributed by atoms with Gasteiger partial charge in [0.05, 0.1) is 18.5 Å². The van der Waals surface area contributed by atoms with Gasteiger partial charge in [-0.2, -0.15) is 15.3 Å². The number of nitrogens with one attached hydrogen (secondary N) is 1. The fraction of sp³-hybridized carbons (Fsp3) is 0.348. The first-order valence-corrected chi connectivity index (χ1v) is 10.6. The lowest BCUT2D eigenvalue weighted by molar-refractivity contribution is 0.100. The number of nitriles is 1. The number of aryl methyl sites for hydroxylation is 1. The molecule has 164 valence electrons. The Morgan fingerprint density at radius 3 is 2.81 bits per heavy atom. The zero-order valence-electron chi connectivity index (χ0n) is 17.9. The minimum atomic E-state index is -0.540. The van der Waals surface area contributed by atoms with E-state index in [1.807, 2.05) is 35.0 Å². The van der Waals surface area contributed by atoms with Gasteiger partial charge in [-0.15, -0.1) is 0 Å². The third-order valence-corrected chi connectivity index (χ3v) is 5.68.